The van der Waals surface area contributed by atoms with Gasteiger partial charge in [-0.1, -0.05) is 35.3 Å². The Morgan fingerprint density at radius 3 is 2.75 bits per heavy atom. The molecule has 1 aliphatic carbocycles. The third-order valence-electron chi connectivity index (χ3n) is 3.28. The fraction of sp³-hybridized carbons (Fsp3) is 0.267. The molecule has 1 aliphatic rings. The number of allylic oxidation sites excluding steroid dienone is 3. The van der Waals surface area contributed by atoms with Crippen LogP contribution in [0.5, 0.6) is 0 Å². The number of halogens is 3. The normalized spacial score (nSPS) is 26.0. The van der Waals surface area contributed by atoms with Crippen molar-refractivity contribution in [2.24, 2.45) is 5.73 Å². The highest BCUT2D eigenvalue weighted by atomic mass is 35.5. The van der Waals surface area contributed by atoms with E-state index in [2.05, 4.69) is 0 Å². The minimum Gasteiger partial charge on any atom is -0.366 e. The minimum atomic E-state index is -1.40. The zero-order valence-electron chi connectivity index (χ0n) is 10.9. The molecule has 106 valence electrons. The van der Waals surface area contributed by atoms with Crippen molar-refractivity contribution < 1.29 is 9.18 Å². The first-order valence-corrected chi connectivity index (χ1v) is 6.88. The molecule has 2 rings (SSSR count). The Morgan fingerprint density at radius 1 is 1.45 bits per heavy atom. The van der Waals surface area contributed by atoms with Gasteiger partial charge in [0.25, 0.3) is 0 Å². The van der Waals surface area contributed by atoms with Crippen LogP contribution in [-0.4, -0.2) is 11.6 Å². The molecule has 1 fully saturated rings. The molecule has 5 heteroatoms. The monoisotopic (exact) mass is 313 g/mol. The molecule has 2 atom stereocenters. The second-order valence-electron chi connectivity index (χ2n) is 4.98. The maximum Gasteiger partial charge on any atom is 0.241 e. The van der Waals surface area contributed by atoms with E-state index in [4.69, 9.17) is 28.9 Å². The third-order valence-corrected chi connectivity index (χ3v) is 4.01. The molecule has 2 nitrogen and oxygen atoms in total. The second-order valence-corrected chi connectivity index (χ2v) is 5.80. The SMILES string of the molecule is CC(C=C[C@]1(F)CC1c1ccc(Cl)c(Cl)c1)=CC(N)=O. The Kier molecular flexibility index (Phi) is 4.21. The number of rotatable bonds is 4. The van der Waals surface area contributed by atoms with Crippen molar-refractivity contribution in [1.29, 1.82) is 0 Å². The van der Waals surface area contributed by atoms with Crippen molar-refractivity contribution in [2.45, 2.75) is 24.9 Å². The van der Waals surface area contributed by atoms with Crippen molar-refractivity contribution in [3.8, 4) is 0 Å². The van der Waals surface area contributed by atoms with Crippen molar-refractivity contribution in [3.05, 3.63) is 57.6 Å². The van der Waals surface area contributed by atoms with Gasteiger partial charge in [-0.15, -0.1) is 0 Å². The summed E-state index contributed by atoms with van der Waals surface area (Å²) in [6.07, 6.45) is 4.69. The first-order chi connectivity index (χ1) is 9.32. The first-order valence-electron chi connectivity index (χ1n) is 6.12. The summed E-state index contributed by atoms with van der Waals surface area (Å²) in [7, 11) is 0. The Bertz CT molecular complexity index is 612. The topological polar surface area (TPSA) is 43.1 Å². The van der Waals surface area contributed by atoms with Gasteiger partial charge in [-0.3, -0.25) is 4.79 Å². The Labute approximate surface area is 127 Å². The van der Waals surface area contributed by atoms with Gasteiger partial charge in [0.1, 0.15) is 5.67 Å². The van der Waals surface area contributed by atoms with Crippen molar-refractivity contribution >= 4 is 29.1 Å². The van der Waals surface area contributed by atoms with E-state index in [9.17, 15) is 9.18 Å². The van der Waals surface area contributed by atoms with Crippen LogP contribution in [0.1, 0.15) is 24.8 Å². The van der Waals surface area contributed by atoms with Gasteiger partial charge in [0.2, 0.25) is 5.91 Å². The van der Waals surface area contributed by atoms with Crippen LogP contribution in [0.25, 0.3) is 0 Å². The minimum absolute atomic E-state index is 0.227. The van der Waals surface area contributed by atoms with E-state index in [0.29, 0.717) is 22.0 Å². The van der Waals surface area contributed by atoms with Gasteiger partial charge in [-0.2, -0.15) is 0 Å². The summed E-state index contributed by atoms with van der Waals surface area (Å²) in [5, 5.41) is 0.878. The molecule has 0 saturated heterocycles. The van der Waals surface area contributed by atoms with Gasteiger partial charge in [0.15, 0.2) is 0 Å². The van der Waals surface area contributed by atoms with E-state index in [-0.39, 0.29) is 5.92 Å². The van der Waals surface area contributed by atoms with Gasteiger partial charge in [-0.05, 0) is 42.7 Å². The summed E-state index contributed by atoms with van der Waals surface area (Å²) in [4.78, 5) is 10.7. The third kappa shape index (κ3) is 3.41. The van der Waals surface area contributed by atoms with Crippen molar-refractivity contribution in [3.63, 3.8) is 0 Å². The van der Waals surface area contributed by atoms with Gasteiger partial charge in [0.05, 0.1) is 10.0 Å². The molecule has 0 spiro atoms. The number of primary amides is 1. The molecule has 1 aromatic carbocycles. The lowest BCUT2D eigenvalue weighted by atomic mass is 10.1. The Balaban J connectivity index is 2.10. The molecule has 2 N–H and O–H groups in total. The average Bonchev–Trinajstić information content (AvgIpc) is 3.03. The van der Waals surface area contributed by atoms with Crippen LogP contribution in [0.4, 0.5) is 4.39 Å². The highest BCUT2D eigenvalue weighted by molar-refractivity contribution is 6.42. The number of nitrogens with two attached hydrogens (primary N) is 1. The van der Waals surface area contributed by atoms with Crippen LogP contribution in [-0.2, 0) is 4.79 Å². The number of amides is 1. The van der Waals surface area contributed by atoms with E-state index in [1.165, 1.54) is 12.2 Å². The molecule has 0 radical (unpaired) electrons. The summed E-state index contributed by atoms with van der Waals surface area (Å²) in [5.41, 5.74) is 5.07. The summed E-state index contributed by atoms with van der Waals surface area (Å²) in [6.45, 7) is 1.70. The molecule has 1 aromatic rings. The number of hydrogen-bond acceptors (Lipinski definition) is 1. The summed E-state index contributed by atoms with van der Waals surface area (Å²) >= 11 is 11.8. The fourth-order valence-corrected chi connectivity index (χ4v) is 2.41. The molecule has 1 saturated carbocycles. The number of alkyl halides is 1. The lowest BCUT2D eigenvalue weighted by Crippen LogP contribution is -2.06. The van der Waals surface area contributed by atoms with Crippen molar-refractivity contribution in [1.82, 2.24) is 0 Å². The van der Waals surface area contributed by atoms with Crippen LogP contribution < -0.4 is 5.73 Å². The maximum absolute atomic E-state index is 14.5. The van der Waals surface area contributed by atoms with Gasteiger partial charge < -0.3 is 5.73 Å². The molecular formula is C15H14Cl2FNO. The zero-order valence-corrected chi connectivity index (χ0v) is 12.4. The molecule has 0 aliphatic heterocycles. The second kappa shape index (κ2) is 5.58. The van der Waals surface area contributed by atoms with E-state index in [1.54, 1.807) is 31.2 Å². The summed E-state index contributed by atoms with van der Waals surface area (Å²) < 4.78 is 14.5. The smallest absolute Gasteiger partial charge is 0.241 e. The first kappa shape index (κ1) is 15.1. The molecular weight excluding hydrogens is 300 g/mol. The predicted molar refractivity (Wildman–Crippen MR) is 79.8 cm³/mol. The molecule has 1 amide bonds. The predicted octanol–water partition coefficient (Wildman–Crippen LogP) is 4.18. The number of carbonyl (C=O) groups is 1. The molecule has 0 bridgehead atoms. The van der Waals surface area contributed by atoms with Crippen LogP contribution in [0.2, 0.25) is 10.0 Å². The largest absolute Gasteiger partial charge is 0.366 e. The highest BCUT2D eigenvalue weighted by Crippen LogP contribution is 2.56. The van der Waals surface area contributed by atoms with Gasteiger partial charge in [0, 0.05) is 12.0 Å². The summed E-state index contributed by atoms with van der Waals surface area (Å²) in [5.74, 6) is -0.771. The Morgan fingerprint density at radius 2 is 2.15 bits per heavy atom. The highest BCUT2D eigenvalue weighted by Gasteiger charge is 2.54. The standard InChI is InChI=1S/C15H14Cl2FNO/c1-9(6-14(19)20)4-5-15(18)8-11(15)10-2-3-12(16)13(17)7-10/h2-7,11H,8H2,1H3,(H2,19,20)/t11?,15-/m0/s1. The van der Waals surface area contributed by atoms with Crippen LogP contribution in [0, 0.1) is 0 Å². The molecule has 0 heterocycles. The van der Waals surface area contributed by atoms with E-state index in [0.717, 1.165) is 5.56 Å². The zero-order chi connectivity index (χ0) is 14.9. The quantitative estimate of drug-likeness (QED) is 0.657. The summed E-state index contributed by atoms with van der Waals surface area (Å²) in [6, 6.07) is 5.13. The Hall–Kier alpha value is -1.32. The molecule has 0 aromatic heterocycles. The molecule has 20 heavy (non-hydrogen) atoms. The maximum atomic E-state index is 14.5. The average molecular weight is 314 g/mol. The van der Waals surface area contributed by atoms with Crippen LogP contribution in [0.3, 0.4) is 0 Å². The van der Waals surface area contributed by atoms with Crippen LogP contribution >= 0.6 is 23.2 Å². The lowest BCUT2D eigenvalue weighted by molar-refractivity contribution is -0.113. The number of hydrogen-bond donors (Lipinski definition) is 1. The van der Waals surface area contributed by atoms with E-state index >= 15 is 0 Å². The lowest BCUT2D eigenvalue weighted by Gasteiger charge is -2.04. The number of carbonyl (C=O) groups excluding carboxylic acids is 1. The van der Waals surface area contributed by atoms with Crippen LogP contribution in [0.15, 0.2) is 42.0 Å². The fourth-order valence-electron chi connectivity index (χ4n) is 2.10. The van der Waals surface area contributed by atoms with E-state index in [1.807, 2.05) is 0 Å². The van der Waals surface area contributed by atoms with Gasteiger partial charge >= 0.3 is 0 Å². The van der Waals surface area contributed by atoms with E-state index < -0.39 is 11.6 Å². The van der Waals surface area contributed by atoms with Crippen molar-refractivity contribution in [2.75, 3.05) is 0 Å². The molecule has 1 unspecified atom stereocenters. The number of benzene rings is 1. The van der Waals surface area contributed by atoms with Gasteiger partial charge in [-0.25, -0.2) is 4.39 Å².